The first-order chi connectivity index (χ1) is 7.36. The van der Waals surface area contributed by atoms with Crippen LogP contribution in [-0.4, -0.2) is 37.1 Å². The summed E-state index contributed by atoms with van der Waals surface area (Å²) in [6.45, 7) is 2.50. The van der Waals surface area contributed by atoms with Gasteiger partial charge in [-0.25, -0.2) is 0 Å². The zero-order chi connectivity index (χ0) is 10.5. The molecule has 1 aliphatic carbocycles. The summed E-state index contributed by atoms with van der Waals surface area (Å²) in [6, 6.07) is 1.57. The number of nitrogens with one attached hydrogen (secondary N) is 1. The molecule has 0 radical (unpaired) electrons. The van der Waals surface area contributed by atoms with Gasteiger partial charge in [-0.2, -0.15) is 0 Å². The van der Waals surface area contributed by atoms with E-state index in [2.05, 4.69) is 29.4 Å². The van der Waals surface area contributed by atoms with Gasteiger partial charge in [0.25, 0.3) is 0 Å². The molecule has 0 bridgehead atoms. The molecule has 0 saturated carbocycles. The Hall–Kier alpha value is -0.340. The number of piperidine rings is 1. The average Bonchev–Trinajstić information content (AvgIpc) is 2.74. The summed E-state index contributed by atoms with van der Waals surface area (Å²) in [5.41, 5.74) is 0. The molecule has 0 aromatic heterocycles. The number of hydrogen-bond donors (Lipinski definition) is 1. The molecule has 0 amide bonds. The van der Waals surface area contributed by atoms with E-state index < -0.39 is 0 Å². The van der Waals surface area contributed by atoms with Gasteiger partial charge in [0.15, 0.2) is 0 Å². The van der Waals surface area contributed by atoms with Crippen molar-refractivity contribution in [3.05, 3.63) is 12.2 Å². The predicted octanol–water partition coefficient (Wildman–Crippen LogP) is 2.17. The molecule has 1 fully saturated rings. The van der Waals surface area contributed by atoms with Crippen molar-refractivity contribution in [2.45, 2.75) is 50.6 Å². The van der Waals surface area contributed by atoms with Crippen LogP contribution in [0.4, 0.5) is 0 Å². The summed E-state index contributed by atoms with van der Waals surface area (Å²) in [4.78, 5) is 2.54. The van der Waals surface area contributed by atoms with Gasteiger partial charge in [-0.15, -0.1) is 0 Å². The first-order valence-corrected chi connectivity index (χ1v) is 6.45. The fourth-order valence-electron chi connectivity index (χ4n) is 2.75. The van der Waals surface area contributed by atoms with Crippen molar-refractivity contribution in [2.75, 3.05) is 20.1 Å². The zero-order valence-corrected chi connectivity index (χ0v) is 9.91. The predicted molar refractivity (Wildman–Crippen MR) is 65.1 cm³/mol. The summed E-state index contributed by atoms with van der Waals surface area (Å²) in [7, 11) is 2.28. The maximum absolute atomic E-state index is 3.66. The molecule has 1 unspecified atom stereocenters. The lowest BCUT2D eigenvalue weighted by atomic mass is 10.00. The smallest absolute Gasteiger partial charge is 0.0136 e. The van der Waals surface area contributed by atoms with Crippen LogP contribution in [0.5, 0.6) is 0 Å². The Kier molecular flexibility index (Phi) is 4.21. The first kappa shape index (κ1) is 11.2. The molecule has 0 spiro atoms. The third-order valence-electron chi connectivity index (χ3n) is 3.84. The molecule has 0 aromatic carbocycles. The largest absolute Gasteiger partial charge is 0.313 e. The second-order valence-corrected chi connectivity index (χ2v) is 5.01. The van der Waals surface area contributed by atoms with Crippen molar-refractivity contribution in [3.8, 4) is 0 Å². The van der Waals surface area contributed by atoms with Crippen LogP contribution < -0.4 is 5.32 Å². The average molecular weight is 208 g/mol. The maximum atomic E-state index is 3.66. The van der Waals surface area contributed by atoms with Gasteiger partial charge < -0.3 is 10.2 Å². The lowest BCUT2D eigenvalue weighted by Gasteiger charge is -2.32. The summed E-state index contributed by atoms with van der Waals surface area (Å²) >= 11 is 0. The van der Waals surface area contributed by atoms with Crippen LogP contribution in [0.25, 0.3) is 0 Å². The Morgan fingerprint density at radius 2 is 2.07 bits per heavy atom. The van der Waals surface area contributed by atoms with E-state index in [9.17, 15) is 0 Å². The fraction of sp³-hybridized carbons (Fsp3) is 0.846. The molecule has 1 atom stereocenters. The van der Waals surface area contributed by atoms with E-state index in [1.807, 2.05) is 0 Å². The maximum Gasteiger partial charge on any atom is 0.0136 e. The van der Waals surface area contributed by atoms with E-state index in [1.165, 1.54) is 51.6 Å². The van der Waals surface area contributed by atoms with Crippen LogP contribution in [0.15, 0.2) is 12.2 Å². The van der Waals surface area contributed by atoms with Crippen LogP contribution in [0, 0.1) is 0 Å². The van der Waals surface area contributed by atoms with E-state index >= 15 is 0 Å². The van der Waals surface area contributed by atoms with Gasteiger partial charge in [0.05, 0.1) is 0 Å². The number of nitrogens with zero attached hydrogens (tertiary/aromatic N) is 1. The Labute approximate surface area is 93.7 Å². The van der Waals surface area contributed by atoms with Crippen LogP contribution in [-0.2, 0) is 0 Å². The SMILES string of the molecule is CN1CCCCC1CCNC1CC=CC1. The van der Waals surface area contributed by atoms with Gasteiger partial charge in [0.1, 0.15) is 0 Å². The lowest BCUT2D eigenvalue weighted by molar-refractivity contribution is 0.174. The number of likely N-dealkylation sites (tertiary alicyclic amines) is 1. The van der Waals surface area contributed by atoms with E-state index in [1.54, 1.807) is 0 Å². The molecule has 2 rings (SSSR count). The highest BCUT2D eigenvalue weighted by Crippen LogP contribution is 2.17. The molecule has 86 valence electrons. The Balaban J connectivity index is 1.60. The first-order valence-electron chi connectivity index (χ1n) is 6.45. The summed E-state index contributed by atoms with van der Waals surface area (Å²) in [6.07, 6.45) is 12.6. The Morgan fingerprint density at radius 1 is 1.27 bits per heavy atom. The van der Waals surface area contributed by atoms with Crippen molar-refractivity contribution in [1.29, 1.82) is 0 Å². The second kappa shape index (κ2) is 5.66. The molecule has 0 aromatic rings. The van der Waals surface area contributed by atoms with Crippen molar-refractivity contribution in [3.63, 3.8) is 0 Å². The lowest BCUT2D eigenvalue weighted by Crippen LogP contribution is -2.39. The van der Waals surface area contributed by atoms with Gasteiger partial charge in [0, 0.05) is 12.1 Å². The third-order valence-corrected chi connectivity index (χ3v) is 3.84. The quantitative estimate of drug-likeness (QED) is 0.712. The summed E-state index contributed by atoms with van der Waals surface area (Å²) in [5, 5.41) is 3.66. The fourth-order valence-corrected chi connectivity index (χ4v) is 2.75. The molecule has 1 N–H and O–H groups in total. The van der Waals surface area contributed by atoms with Crippen LogP contribution in [0.3, 0.4) is 0 Å². The van der Waals surface area contributed by atoms with Crippen molar-refractivity contribution < 1.29 is 0 Å². The molecule has 1 saturated heterocycles. The van der Waals surface area contributed by atoms with Crippen molar-refractivity contribution in [1.82, 2.24) is 10.2 Å². The Bertz CT molecular complexity index is 205. The van der Waals surface area contributed by atoms with Gasteiger partial charge in [-0.05, 0) is 52.2 Å². The molecule has 15 heavy (non-hydrogen) atoms. The normalized spacial score (nSPS) is 28.7. The van der Waals surface area contributed by atoms with Gasteiger partial charge >= 0.3 is 0 Å². The highest BCUT2D eigenvalue weighted by atomic mass is 15.1. The van der Waals surface area contributed by atoms with Gasteiger partial charge in [-0.1, -0.05) is 18.6 Å². The minimum atomic E-state index is 0.735. The molecule has 1 heterocycles. The summed E-state index contributed by atoms with van der Waals surface area (Å²) < 4.78 is 0. The Morgan fingerprint density at radius 3 is 2.80 bits per heavy atom. The van der Waals surface area contributed by atoms with Crippen LogP contribution in [0.2, 0.25) is 0 Å². The molecule has 2 heteroatoms. The minimum Gasteiger partial charge on any atom is -0.313 e. The standard InChI is InChI=1S/C13H24N2/c1-15-11-5-4-8-13(15)9-10-14-12-6-2-3-7-12/h2-3,12-14H,4-11H2,1H3. The monoisotopic (exact) mass is 208 g/mol. The van der Waals surface area contributed by atoms with E-state index in [-0.39, 0.29) is 0 Å². The minimum absolute atomic E-state index is 0.735. The molecular formula is C13H24N2. The molecular weight excluding hydrogens is 184 g/mol. The van der Waals surface area contributed by atoms with Crippen LogP contribution in [0.1, 0.15) is 38.5 Å². The van der Waals surface area contributed by atoms with E-state index in [0.29, 0.717) is 0 Å². The zero-order valence-electron chi connectivity index (χ0n) is 9.91. The second-order valence-electron chi connectivity index (χ2n) is 5.01. The molecule has 2 nitrogen and oxygen atoms in total. The van der Waals surface area contributed by atoms with Gasteiger partial charge in [-0.3, -0.25) is 0 Å². The third kappa shape index (κ3) is 3.32. The molecule has 2 aliphatic rings. The topological polar surface area (TPSA) is 15.3 Å². The van der Waals surface area contributed by atoms with E-state index in [0.717, 1.165) is 12.1 Å². The number of rotatable bonds is 4. The highest BCUT2D eigenvalue weighted by molar-refractivity contribution is 4.97. The highest BCUT2D eigenvalue weighted by Gasteiger charge is 2.18. The summed E-state index contributed by atoms with van der Waals surface area (Å²) in [5.74, 6) is 0. The van der Waals surface area contributed by atoms with Crippen molar-refractivity contribution >= 4 is 0 Å². The van der Waals surface area contributed by atoms with Crippen LogP contribution >= 0.6 is 0 Å². The number of hydrogen-bond acceptors (Lipinski definition) is 2. The van der Waals surface area contributed by atoms with Gasteiger partial charge in [0.2, 0.25) is 0 Å². The molecule has 1 aliphatic heterocycles. The van der Waals surface area contributed by atoms with E-state index in [4.69, 9.17) is 0 Å². The van der Waals surface area contributed by atoms with Crippen molar-refractivity contribution in [2.24, 2.45) is 0 Å².